The number of carbonyl (C=O) groups excluding carboxylic acids is 1. The van der Waals surface area contributed by atoms with Crippen LogP contribution >= 0.6 is 0 Å². The molecule has 0 bridgehead atoms. The minimum absolute atomic E-state index is 0.0920. The number of piperazine rings is 1. The van der Waals surface area contributed by atoms with Gasteiger partial charge in [-0.25, -0.2) is 26.9 Å². The Kier molecular flexibility index (Phi) is 14.4. The molecule has 0 radical (unpaired) electrons. The van der Waals surface area contributed by atoms with Gasteiger partial charge in [0.1, 0.15) is 40.1 Å². The molecular weight excluding hydrogens is 971 g/mol. The van der Waals surface area contributed by atoms with E-state index in [9.17, 15) is 23.3 Å². The van der Waals surface area contributed by atoms with Gasteiger partial charge < -0.3 is 29.4 Å². The highest BCUT2D eigenvalue weighted by Gasteiger charge is 2.50. The van der Waals surface area contributed by atoms with Gasteiger partial charge in [0.15, 0.2) is 0 Å². The zero-order valence-electron chi connectivity index (χ0n) is 41.8. The number of piperidine rings is 1. The predicted molar refractivity (Wildman–Crippen MR) is 278 cm³/mol. The van der Waals surface area contributed by atoms with Gasteiger partial charge in [-0.2, -0.15) is 0 Å². The van der Waals surface area contributed by atoms with E-state index in [4.69, 9.17) is 14.2 Å². The fourth-order valence-corrected chi connectivity index (χ4v) is 12.4. The monoisotopic (exact) mass is 1030 g/mol. The van der Waals surface area contributed by atoms with E-state index in [1.54, 1.807) is 25.4 Å². The van der Waals surface area contributed by atoms with Crippen molar-refractivity contribution in [3.8, 4) is 17.2 Å². The second kappa shape index (κ2) is 20.9. The molecule has 10 rings (SSSR count). The predicted octanol–water partition coefficient (Wildman–Crippen LogP) is 9.89. The number of hydrogen-bond acceptors (Lipinski definition) is 13. The van der Waals surface area contributed by atoms with E-state index in [2.05, 4.69) is 75.3 Å². The highest BCUT2D eigenvalue weighted by Crippen LogP contribution is 2.54. The summed E-state index contributed by atoms with van der Waals surface area (Å²) in [6, 6.07) is 26.7. The molecular formula is C55H62F2N8O8S. The Morgan fingerprint density at radius 3 is 2.45 bits per heavy atom. The lowest BCUT2D eigenvalue weighted by Crippen LogP contribution is -2.60. The Morgan fingerprint density at radius 1 is 0.959 bits per heavy atom. The summed E-state index contributed by atoms with van der Waals surface area (Å²) in [5, 5.41) is 15.6. The second-order valence-corrected chi connectivity index (χ2v) is 22.3. The number of ether oxygens (including phenoxy) is 3. The highest BCUT2D eigenvalue weighted by atomic mass is 32.2. The van der Waals surface area contributed by atoms with Crippen molar-refractivity contribution >= 4 is 44.0 Å². The average Bonchev–Trinajstić information content (AvgIpc) is 3.86. The summed E-state index contributed by atoms with van der Waals surface area (Å²) in [6.45, 7) is 9.46. The summed E-state index contributed by atoms with van der Waals surface area (Å²) in [5.41, 5.74) is 2.07. The van der Waals surface area contributed by atoms with Crippen LogP contribution < -0.4 is 24.4 Å². The number of halogens is 2. The number of nitro benzene ring substituents is 1. The van der Waals surface area contributed by atoms with Crippen LogP contribution in [0, 0.1) is 21.3 Å². The quantitative estimate of drug-likeness (QED) is 0.0615. The average molecular weight is 1030 g/mol. The van der Waals surface area contributed by atoms with Crippen LogP contribution in [0.2, 0.25) is 0 Å². The summed E-state index contributed by atoms with van der Waals surface area (Å²) in [7, 11) is -3.10. The summed E-state index contributed by atoms with van der Waals surface area (Å²) >= 11 is 0. The smallest absolute Gasteiger partial charge is 0.293 e. The van der Waals surface area contributed by atoms with Crippen LogP contribution in [-0.2, 0) is 21.3 Å². The molecule has 3 aliphatic heterocycles. The first-order chi connectivity index (χ1) is 35.6. The Morgan fingerprint density at radius 2 is 1.72 bits per heavy atom. The molecule has 4 aromatic carbocycles. The summed E-state index contributed by atoms with van der Waals surface area (Å²) in [4.78, 5) is 39.5. The second-order valence-electron chi connectivity index (χ2n) is 20.6. The molecule has 5 heterocycles. The molecule has 3 N–H and O–H groups in total. The molecule has 1 spiro atoms. The molecule has 1 saturated carbocycles. The topological polar surface area (TPSA) is 184 Å². The largest absolute Gasteiger partial charge is 0.497 e. The van der Waals surface area contributed by atoms with Crippen molar-refractivity contribution in [1.29, 1.82) is 0 Å². The van der Waals surface area contributed by atoms with Crippen molar-refractivity contribution in [2.45, 2.75) is 87.5 Å². The van der Waals surface area contributed by atoms with Gasteiger partial charge in [-0.1, -0.05) is 50.2 Å². The first-order valence-electron chi connectivity index (χ1n) is 25.3. The fourth-order valence-electron chi connectivity index (χ4n) is 11.4. The first-order valence-corrected chi connectivity index (χ1v) is 26.8. The number of nitrogens with one attached hydrogen (secondary N) is 3. The molecule has 1 amide bonds. The Hall–Kier alpha value is -6.67. The van der Waals surface area contributed by atoms with Gasteiger partial charge in [0.25, 0.3) is 21.6 Å². The maximum Gasteiger partial charge on any atom is 0.293 e. The van der Waals surface area contributed by atoms with Crippen molar-refractivity contribution in [2.75, 3.05) is 69.8 Å². The number of anilines is 2. The Bertz CT molecular complexity index is 3130. The van der Waals surface area contributed by atoms with E-state index in [1.807, 2.05) is 21.8 Å². The first kappa shape index (κ1) is 50.8. The number of nitro groups is 1. The molecule has 1 atom stereocenters. The number of carbonyl (C=O) groups is 1. The van der Waals surface area contributed by atoms with Crippen LogP contribution in [0.4, 0.5) is 25.8 Å². The Labute approximate surface area is 429 Å². The van der Waals surface area contributed by atoms with Gasteiger partial charge in [-0.15, -0.1) is 0 Å². The van der Waals surface area contributed by atoms with Crippen molar-refractivity contribution < 1.29 is 41.1 Å². The van der Waals surface area contributed by atoms with E-state index in [0.717, 1.165) is 81.9 Å². The number of aromatic nitrogens is 2. The number of alkyl halides is 1. The molecule has 1 unspecified atom stereocenters. The molecule has 4 fully saturated rings. The van der Waals surface area contributed by atoms with Gasteiger partial charge in [0, 0.05) is 108 Å². The standard InChI is InChI=1S/C55H62F2N8O8S/c1-36(2)43-6-4-5-7-44(43)50-34-62(33-37-8-10-40(71-3)11-9-37)22-23-64(50)39-30-54(31-39)15-20-63(21-16-54)48-29-51(73-41-26-38-14-19-58-52(38)59-32-41)45(28-46(48)56)53(66)61-74(69,70)42-12-13-47(49(27-42)65(67)68)60-35-55(57)17-24-72-25-18-55/h4-14,19,26-29,32,36,39,50,60H,15-18,20-25,30-31,33-35H2,1-3H3,(H,58,59)(H,61,66). The number of H-pyrrole nitrogens is 1. The van der Waals surface area contributed by atoms with E-state index >= 15 is 8.78 Å². The number of aromatic amines is 1. The van der Waals surface area contributed by atoms with Crippen LogP contribution in [-0.4, -0.2) is 110 Å². The number of benzene rings is 4. The molecule has 3 saturated heterocycles. The van der Waals surface area contributed by atoms with E-state index in [-0.39, 0.29) is 66.9 Å². The third-order valence-electron chi connectivity index (χ3n) is 15.6. The number of amides is 1. The molecule has 4 aliphatic rings. The van der Waals surface area contributed by atoms with Crippen molar-refractivity contribution in [2.24, 2.45) is 5.41 Å². The van der Waals surface area contributed by atoms with Gasteiger partial charge >= 0.3 is 0 Å². The molecule has 6 aromatic rings. The molecule has 19 heteroatoms. The number of fused-ring (bicyclic) bond motifs is 1. The minimum atomic E-state index is -4.79. The summed E-state index contributed by atoms with van der Waals surface area (Å²) in [5.74, 6) is -0.649. The number of sulfonamides is 1. The van der Waals surface area contributed by atoms with Crippen LogP contribution in [0.3, 0.4) is 0 Å². The van der Waals surface area contributed by atoms with Crippen LogP contribution in [0.5, 0.6) is 17.2 Å². The molecule has 74 heavy (non-hydrogen) atoms. The fraction of sp³-hybridized carbons (Fsp3) is 0.418. The lowest BCUT2D eigenvalue weighted by atomic mass is 9.59. The van der Waals surface area contributed by atoms with Crippen LogP contribution in [0.25, 0.3) is 11.0 Å². The molecule has 16 nitrogen and oxygen atoms in total. The van der Waals surface area contributed by atoms with Gasteiger partial charge in [0.05, 0.1) is 34.4 Å². The Balaban J connectivity index is 0.851. The number of methoxy groups -OCH3 is 1. The molecule has 390 valence electrons. The van der Waals surface area contributed by atoms with E-state index in [1.165, 1.54) is 29.0 Å². The normalized spacial score (nSPS) is 19.3. The zero-order chi connectivity index (χ0) is 51.8. The van der Waals surface area contributed by atoms with Crippen molar-refractivity contribution in [1.82, 2.24) is 24.5 Å². The summed E-state index contributed by atoms with van der Waals surface area (Å²) < 4.78 is 78.3. The highest BCUT2D eigenvalue weighted by molar-refractivity contribution is 7.90. The van der Waals surface area contributed by atoms with Crippen LogP contribution in [0.15, 0.2) is 108 Å². The van der Waals surface area contributed by atoms with Crippen LogP contribution in [0.1, 0.15) is 91.4 Å². The van der Waals surface area contributed by atoms with Gasteiger partial charge in [-0.05, 0) is 96.2 Å². The number of pyridine rings is 1. The van der Waals surface area contributed by atoms with Gasteiger partial charge in [0.2, 0.25) is 0 Å². The lowest BCUT2D eigenvalue weighted by molar-refractivity contribution is -0.384. The molecule has 1 aliphatic carbocycles. The number of nitrogens with zero attached hydrogens (tertiary/aromatic N) is 5. The van der Waals surface area contributed by atoms with Crippen molar-refractivity contribution in [3.05, 3.63) is 142 Å². The maximum atomic E-state index is 16.6. The number of rotatable bonds is 16. The molecule has 2 aromatic heterocycles. The van der Waals surface area contributed by atoms with E-state index < -0.39 is 48.5 Å². The number of hydrogen-bond donors (Lipinski definition) is 3. The minimum Gasteiger partial charge on any atom is -0.497 e. The SMILES string of the molecule is COc1ccc(CN2CCN(C3CC4(CCN(c5cc(Oc6cnc7[nH]ccc7c6)c(C(=O)NS(=O)(=O)c6ccc(NCC7(F)CCOCC7)c([N+](=O)[O-])c6)cc5F)CC4)C3)C(c3ccccc3C(C)C)C2)cc1. The zero-order valence-corrected chi connectivity index (χ0v) is 42.6. The third-order valence-corrected chi connectivity index (χ3v) is 16.9. The van der Waals surface area contributed by atoms with E-state index in [0.29, 0.717) is 36.1 Å². The maximum absolute atomic E-state index is 16.6. The summed E-state index contributed by atoms with van der Waals surface area (Å²) in [6.07, 6.45) is 7.08. The van der Waals surface area contributed by atoms with Gasteiger partial charge in [-0.3, -0.25) is 24.7 Å². The van der Waals surface area contributed by atoms with Crippen molar-refractivity contribution in [3.63, 3.8) is 0 Å². The lowest BCUT2D eigenvalue weighted by Gasteiger charge is -2.58. The third kappa shape index (κ3) is 10.8.